The quantitative estimate of drug-likeness (QED) is 0.287. The van der Waals surface area contributed by atoms with Crippen LogP contribution in [0.5, 0.6) is 0 Å². The van der Waals surface area contributed by atoms with Gasteiger partial charge in [0, 0.05) is 23.1 Å². The van der Waals surface area contributed by atoms with Gasteiger partial charge in [0.15, 0.2) is 0 Å². The summed E-state index contributed by atoms with van der Waals surface area (Å²) >= 11 is 9.11. The van der Waals surface area contributed by atoms with E-state index in [4.69, 9.17) is 20.8 Å². The summed E-state index contributed by atoms with van der Waals surface area (Å²) in [5.41, 5.74) is 2.07. The highest BCUT2D eigenvalue weighted by Crippen LogP contribution is 2.41. The number of halogens is 1. The summed E-state index contributed by atoms with van der Waals surface area (Å²) in [4.78, 5) is 27.7. The number of thiophene rings is 1. The van der Waals surface area contributed by atoms with Crippen LogP contribution in [0.1, 0.15) is 11.1 Å². The van der Waals surface area contributed by atoms with E-state index in [0.717, 1.165) is 33.0 Å². The number of ether oxygens (including phenoxy) is 1. The van der Waals surface area contributed by atoms with Gasteiger partial charge in [-0.15, -0.1) is 21.5 Å². The van der Waals surface area contributed by atoms with E-state index in [1.54, 1.807) is 4.90 Å². The molecule has 33 heavy (non-hydrogen) atoms. The highest BCUT2D eigenvalue weighted by Gasteiger charge is 2.35. The zero-order valence-corrected chi connectivity index (χ0v) is 19.9. The first-order valence-electron chi connectivity index (χ1n) is 10.1. The number of aromatic nitrogens is 2. The van der Waals surface area contributed by atoms with E-state index in [0.29, 0.717) is 28.8 Å². The van der Waals surface area contributed by atoms with Crippen LogP contribution in [-0.2, 0) is 27.3 Å². The lowest BCUT2D eigenvalue weighted by molar-refractivity contribution is -0.153. The number of rotatable bonds is 5. The van der Waals surface area contributed by atoms with Gasteiger partial charge in [0.25, 0.3) is 11.1 Å². The van der Waals surface area contributed by atoms with E-state index < -0.39 is 12.0 Å². The summed E-state index contributed by atoms with van der Waals surface area (Å²) in [5, 5.41) is 9.93. The molecule has 0 spiro atoms. The van der Waals surface area contributed by atoms with Crippen LogP contribution >= 0.6 is 34.7 Å². The standard InChI is InChI=1S/C23H18ClN3O4S2/c1-30-22(29)16-10-13-6-2-3-7-14(13)11-27(16)18(28)12-32-23-26-25-21(31-23)20-19(24)15-8-4-5-9-17(15)33-20/h2-9,16H,10-12H2,1H3. The molecule has 4 aromatic rings. The summed E-state index contributed by atoms with van der Waals surface area (Å²) < 4.78 is 11.7. The van der Waals surface area contributed by atoms with Gasteiger partial charge in [-0.1, -0.05) is 65.8 Å². The Morgan fingerprint density at radius 1 is 1.18 bits per heavy atom. The lowest BCUT2D eigenvalue weighted by Gasteiger charge is -2.35. The molecule has 0 bridgehead atoms. The van der Waals surface area contributed by atoms with Crippen molar-refractivity contribution >= 4 is 56.7 Å². The molecule has 0 radical (unpaired) electrons. The number of carbonyl (C=O) groups is 2. The van der Waals surface area contributed by atoms with Crippen LogP contribution in [0.25, 0.3) is 20.9 Å². The van der Waals surface area contributed by atoms with E-state index in [1.807, 2.05) is 48.5 Å². The Hall–Kier alpha value is -2.88. The Kier molecular flexibility index (Phi) is 6.09. The van der Waals surface area contributed by atoms with Gasteiger partial charge in [-0.2, -0.15) is 0 Å². The van der Waals surface area contributed by atoms with E-state index in [9.17, 15) is 9.59 Å². The minimum Gasteiger partial charge on any atom is -0.467 e. The third-order valence-electron chi connectivity index (χ3n) is 5.50. The van der Waals surface area contributed by atoms with Crippen LogP contribution in [-0.4, -0.2) is 45.9 Å². The van der Waals surface area contributed by atoms with Crippen molar-refractivity contribution in [1.82, 2.24) is 15.1 Å². The SMILES string of the molecule is COC(=O)C1Cc2ccccc2CN1C(=O)CSc1nnc(-c2sc3ccccc3c2Cl)o1. The lowest BCUT2D eigenvalue weighted by atomic mass is 9.94. The van der Waals surface area contributed by atoms with Gasteiger partial charge in [0.1, 0.15) is 10.9 Å². The molecule has 0 saturated heterocycles. The molecule has 3 heterocycles. The van der Waals surface area contributed by atoms with Gasteiger partial charge >= 0.3 is 5.97 Å². The fraction of sp³-hybridized carbons (Fsp3) is 0.217. The second-order valence-electron chi connectivity index (χ2n) is 7.44. The predicted molar refractivity (Wildman–Crippen MR) is 127 cm³/mol. The zero-order valence-electron chi connectivity index (χ0n) is 17.5. The number of methoxy groups -OCH3 is 1. The van der Waals surface area contributed by atoms with Crippen LogP contribution in [0, 0.1) is 0 Å². The Labute approximate surface area is 202 Å². The molecule has 5 rings (SSSR count). The molecule has 0 fully saturated rings. The fourth-order valence-electron chi connectivity index (χ4n) is 3.85. The molecule has 1 aliphatic rings. The summed E-state index contributed by atoms with van der Waals surface area (Å²) in [6, 6.07) is 14.9. The molecule has 7 nitrogen and oxygen atoms in total. The molecule has 0 saturated carbocycles. The average molecular weight is 500 g/mol. The highest BCUT2D eigenvalue weighted by atomic mass is 35.5. The monoisotopic (exact) mass is 499 g/mol. The van der Waals surface area contributed by atoms with Crippen molar-refractivity contribution in [3.8, 4) is 10.8 Å². The fourth-order valence-corrected chi connectivity index (χ4v) is 5.93. The lowest BCUT2D eigenvalue weighted by Crippen LogP contribution is -2.49. The van der Waals surface area contributed by atoms with Gasteiger partial charge in [-0.05, 0) is 17.2 Å². The molecular weight excluding hydrogens is 482 g/mol. The number of benzene rings is 2. The van der Waals surface area contributed by atoms with E-state index >= 15 is 0 Å². The molecule has 1 unspecified atom stereocenters. The number of thioether (sulfide) groups is 1. The maximum absolute atomic E-state index is 13.0. The van der Waals surface area contributed by atoms with Crippen molar-refractivity contribution in [2.45, 2.75) is 24.2 Å². The molecule has 1 amide bonds. The van der Waals surface area contributed by atoms with Crippen LogP contribution < -0.4 is 0 Å². The number of fused-ring (bicyclic) bond motifs is 2. The van der Waals surface area contributed by atoms with E-state index in [-0.39, 0.29) is 16.9 Å². The topological polar surface area (TPSA) is 85.5 Å². The normalized spacial score (nSPS) is 15.5. The molecule has 168 valence electrons. The Bertz CT molecular complexity index is 1350. The highest BCUT2D eigenvalue weighted by molar-refractivity contribution is 7.99. The Morgan fingerprint density at radius 3 is 2.73 bits per heavy atom. The minimum atomic E-state index is -0.659. The van der Waals surface area contributed by atoms with Crippen molar-refractivity contribution in [2.75, 3.05) is 12.9 Å². The van der Waals surface area contributed by atoms with E-state index in [2.05, 4.69) is 10.2 Å². The van der Waals surface area contributed by atoms with Gasteiger partial charge in [-0.25, -0.2) is 4.79 Å². The largest absolute Gasteiger partial charge is 0.467 e. The minimum absolute atomic E-state index is 0.0530. The second-order valence-corrected chi connectivity index (χ2v) is 9.79. The summed E-state index contributed by atoms with van der Waals surface area (Å²) in [5.74, 6) is -0.264. The molecule has 1 aliphatic heterocycles. The first-order chi connectivity index (χ1) is 16.0. The molecule has 10 heteroatoms. The number of nitrogens with zero attached hydrogens (tertiary/aromatic N) is 3. The number of amides is 1. The Balaban J connectivity index is 1.31. The summed E-state index contributed by atoms with van der Waals surface area (Å²) in [6.45, 7) is 0.349. The number of hydrogen-bond donors (Lipinski definition) is 0. The van der Waals surface area contributed by atoms with Crippen LogP contribution in [0.15, 0.2) is 58.2 Å². The second kappa shape index (κ2) is 9.17. The maximum atomic E-state index is 13.0. The van der Waals surface area contributed by atoms with Crippen molar-refractivity contribution in [1.29, 1.82) is 0 Å². The zero-order chi connectivity index (χ0) is 22.9. The van der Waals surface area contributed by atoms with Crippen molar-refractivity contribution in [3.63, 3.8) is 0 Å². The van der Waals surface area contributed by atoms with Crippen molar-refractivity contribution in [3.05, 3.63) is 64.7 Å². The Morgan fingerprint density at radius 2 is 1.94 bits per heavy atom. The first kappa shape index (κ1) is 21.9. The molecule has 0 aliphatic carbocycles. The van der Waals surface area contributed by atoms with Crippen molar-refractivity contribution < 1.29 is 18.7 Å². The van der Waals surface area contributed by atoms with Gasteiger partial charge < -0.3 is 14.1 Å². The number of hydrogen-bond acceptors (Lipinski definition) is 8. The molecule has 0 N–H and O–H groups in total. The summed E-state index contributed by atoms with van der Waals surface area (Å²) in [7, 11) is 1.33. The smallest absolute Gasteiger partial charge is 0.328 e. The third kappa shape index (κ3) is 4.23. The van der Waals surface area contributed by atoms with Gasteiger partial charge in [0.05, 0.1) is 17.9 Å². The van der Waals surface area contributed by atoms with Crippen LogP contribution in [0.2, 0.25) is 5.02 Å². The van der Waals surface area contributed by atoms with Crippen LogP contribution in [0.3, 0.4) is 0 Å². The van der Waals surface area contributed by atoms with Crippen molar-refractivity contribution in [2.24, 2.45) is 0 Å². The van der Waals surface area contributed by atoms with Crippen LogP contribution in [0.4, 0.5) is 0 Å². The summed E-state index contributed by atoms with van der Waals surface area (Å²) in [6.07, 6.45) is 0.425. The molecule has 2 aromatic heterocycles. The number of carbonyl (C=O) groups excluding carboxylic acids is 2. The predicted octanol–water partition coefficient (Wildman–Crippen LogP) is 4.82. The third-order valence-corrected chi connectivity index (χ3v) is 7.96. The molecular formula is C23H18ClN3O4S2. The van der Waals surface area contributed by atoms with E-state index in [1.165, 1.54) is 18.4 Å². The molecule has 2 aromatic carbocycles. The number of esters is 1. The maximum Gasteiger partial charge on any atom is 0.328 e. The van der Waals surface area contributed by atoms with Gasteiger partial charge in [-0.3, -0.25) is 4.79 Å². The van der Waals surface area contributed by atoms with Gasteiger partial charge in [0.2, 0.25) is 5.91 Å². The first-order valence-corrected chi connectivity index (χ1v) is 12.3. The molecule has 1 atom stereocenters. The average Bonchev–Trinajstić information content (AvgIpc) is 3.45.